The first-order chi connectivity index (χ1) is 19.1. The molecule has 1 aliphatic heterocycles. The number of ketones is 1. The number of Topliss-reactive ketones (excluding diaryl/α,β-unsaturated/α-hetero) is 1. The van der Waals surface area contributed by atoms with Crippen molar-refractivity contribution in [1.29, 1.82) is 0 Å². The van der Waals surface area contributed by atoms with Crippen molar-refractivity contribution in [2.75, 3.05) is 18.0 Å². The van der Waals surface area contributed by atoms with E-state index in [4.69, 9.17) is 0 Å². The number of carbonyl (C=O) groups excluding carboxylic acids is 1. The van der Waals surface area contributed by atoms with Crippen molar-refractivity contribution in [1.82, 2.24) is 20.1 Å². The van der Waals surface area contributed by atoms with Gasteiger partial charge in [0.25, 0.3) is 0 Å². The topological polar surface area (TPSA) is 63.1 Å². The summed E-state index contributed by atoms with van der Waals surface area (Å²) in [6, 6.07) is 7.79. The van der Waals surface area contributed by atoms with Crippen LogP contribution in [0.5, 0.6) is 0 Å². The van der Waals surface area contributed by atoms with Gasteiger partial charge in [-0.3, -0.25) is 9.67 Å². The van der Waals surface area contributed by atoms with Crippen LogP contribution in [0.2, 0.25) is 0 Å². The third-order valence-electron chi connectivity index (χ3n) is 6.76. The molecule has 1 fully saturated rings. The third kappa shape index (κ3) is 11.4. The highest BCUT2D eigenvalue weighted by molar-refractivity contribution is 5.82. The van der Waals surface area contributed by atoms with Gasteiger partial charge in [0.05, 0.1) is 5.52 Å². The second kappa shape index (κ2) is 18.6. The number of hydrogen-bond donors (Lipinski definition) is 1. The summed E-state index contributed by atoms with van der Waals surface area (Å²) in [5.41, 5.74) is 7.85. The van der Waals surface area contributed by atoms with E-state index in [1.807, 2.05) is 38.7 Å². The molecule has 0 aliphatic carbocycles. The molecule has 0 saturated carbocycles. The summed E-state index contributed by atoms with van der Waals surface area (Å²) in [7, 11) is 1.97. The van der Waals surface area contributed by atoms with E-state index >= 15 is 0 Å². The summed E-state index contributed by atoms with van der Waals surface area (Å²) in [5, 5.41) is 9.28. The van der Waals surface area contributed by atoms with Crippen molar-refractivity contribution < 1.29 is 4.79 Å². The molecule has 1 N–H and O–H groups in total. The van der Waals surface area contributed by atoms with Gasteiger partial charge in [0, 0.05) is 67.8 Å². The predicted octanol–water partition coefficient (Wildman–Crippen LogP) is 7.77. The molecule has 1 aromatic carbocycles. The second-order valence-electron chi connectivity index (χ2n) is 10.9. The number of hydrogen-bond acceptors (Lipinski definition) is 5. The fourth-order valence-electron chi connectivity index (χ4n) is 5.25. The number of aryl methyl sites for hydroxylation is 4. The van der Waals surface area contributed by atoms with Crippen molar-refractivity contribution in [2.24, 2.45) is 7.05 Å². The van der Waals surface area contributed by atoms with Crippen LogP contribution in [0.4, 0.5) is 5.69 Å². The minimum atomic E-state index is 0.289. The average Bonchev–Trinajstić information content (AvgIpc) is 3.28. The van der Waals surface area contributed by atoms with Crippen LogP contribution in [0.15, 0.2) is 30.6 Å². The van der Waals surface area contributed by atoms with E-state index in [2.05, 4.69) is 86.2 Å². The quantitative estimate of drug-likeness (QED) is 0.325. The monoisotopic (exact) mass is 551 g/mol. The zero-order chi connectivity index (χ0) is 30.2. The minimum absolute atomic E-state index is 0.289. The van der Waals surface area contributed by atoms with Gasteiger partial charge in [-0.2, -0.15) is 5.10 Å². The van der Waals surface area contributed by atoms with E-state index in [1.54, 1.807) is 6.92 Å². The zero-order valence-corrected chi connectivity index (χ0v) is 27.4. The Morgan fingerprint density at radius 2 is 1.62 bits per heavy atom. The highest BCUT2D eigenvalue weighted by Crippen LogP contribution is 2.25. The number of pyridine rings is 1. The van der Waals surface area contributed by atoms with Gasteiger partial charge in [0.15, 0.2) is 0 Å². The van der Waals surface area contributed by atoms with Crippen LogP contribution in [0.3, 0.4) is 0 Å². The molecule has 0 bridgehead atoms. The third-order valence-corrected chi connectivity index (χ3v) is 6.76. The Balaban J connectivity index is 0.000000323. The molecule has 0 spiro atoms. The smallest absolute Gasteiger partial charge is 0.129 e. The Bertz CT molecular complexity index is 1140. The number of rotatable bonds is 7. The molecular formula is C34H57N5O. The number of nitrogens with one attached hydrogen (secondary N) is 1. The lowest BCUT2D eigenvalue weighted by Crippen LogP contribution is -2.54. The maximum absolute atomic E-state index is 10.0. The van der Waals surface area contributed by atoms with Crippen LogP contribution in [0.25, 0.3) is 10.9 Å². The van der Waals surface area contributed by atoms with Gasteiger partial charge in [-0.15, -0.1) is 0 Å². The van der Waals surface area contributed by atoms with Crippen molar-refractivity contribution >= 4 is 22.4 Å². The van der Waals surface area contributed by atoms with E-state index in [0.717, 1.165) is 44.3 Å². The fraction of sp³-hybridized carbons (Fsp3) is 0.618. The van der Waals surface area contributed by atoms with E-state index in [1.165, 1.54) is 46.3 Å². The summed E-state index contributed by atoms with van der Waals surface area (Å²) in [6.07, 6.45) is 10.4. The zero-order valence-electron chi connectivity index (χ0n) is 27.4. The largest absolute Gasteiger partial charge is 0.368 e. The summed E-state index contributed by atoms with van der Waals surface area (Å²) >= 11 is 0. The van der Waals surface area contributed by atoms with Crippen LogP contribution in [0.1, 0.15) is 103 Å². The summed E-state index contributed by atoms with van der Waals surface area (Å²) in [5.74, 6) is 0.289. The van der Waals surface area contributed by atoms with Crippen molar-refractivity contribution in [3.8, 4) is 0 Å². The maximum Gasteiger partial charge on any atom is 0.129 e. The van der Waals surface area contributed by atoms with Crippen LogP contribution in [0, 0.1) is 13.8 Å². The molecule has 2 atom stereocenters. The van der Waals surface area contributed by atoms with Crippen molar-refractivity contribution in [3.63, 3.8) is 0 Å². The SMILES string of the molecule is CC.CCCC(C)=O.CCCc1c(N2CC(C)NC(C)C2)ccnc1C.CCCc1cc(C)c2nn(C)cc2c1. The molecule has 3 heterocycles. The number of benzene rings is 1. The van der Waals surface area contributed by atoms with Gasteiger partial charge in [-0.05, 0) is 82.7 Å². The van der Waals surface area contributed by atoms with E-state index in [9.17, 15) is 4.79 Å². The van der Waals surface area contributed by atoms with Crippen molar-refractivity contribution in [2.45, 2.75) is 120 Å². The first-order valence-electron chi connectivity index (χ1n) is 15.5. The standard InChI is InChI=1S/C15H25N3.C12H16N2.C5H10O.C2H6/c1-5-6-14-13(4)16-8-7-15(14)18-9-11(2)17-12(3)10-18;1-4-5-10-6-9(2)12-11(7-10)8-14(3)13-12;1-3-4-5(2)6;1-2/h7-8,11-12,17H,5-6,9-10H2,1-4H3;6-8H,4-5H2,1-3H3;3-4H2,1-2H3;1-2H3. The molecular weight excluding hydrogens is 494 g/mol. The normalized spacial score (nSPS) is 16.2. The molecule has 40 heavy (non-hydrogen) atoms. The lowest BCUT2D eigenvalue weighted by molar-refractivity contribution is -0.117. The number of fused-ring (bicyclic) bond motifs is 1. The average molecular weight is 552 g/mol. The molecule has 6 heteroatoms. The molecule has 6 nitrogen and oxygen atoms in total. The van der Waals surface area contributed by atoms with Gasteiger partial charge in [0.1, 0.15) is 5.78 Å². The maximum atomic E-state index is 10.0. The Labute approximate surface area is 245 Å². The lowest BCUT2D eigenvalue weighted by atomic mass is 10.0. The van der Waals surface area contributed by atoms with Crippen LogP contribution in [-0.4, -0.2) is 45.7 Å². The number of nitrogens with zero attached hydrogens (tertiary/aromatic N) is 4. The van der Waals surface area contributed by atoms with Gasteiger partial charge < -0.3 is 15.0 Å². The fourth-order valence-corrected chi connectivity index (χ4v) is 5.25. The number of carbonyl (C=O) groups is 1. The number of anilines is 1. The molecule has 2 aromatic heterocycles. The minimum Gasteiger partial charge on any atom is -0.368 e. The molecule has 0 amide bonds. The Morgan fingerprint density at radius 3 is 2.15 bits per heavy atom. The molecule has 1 saturated heterocycles. The Hall–Kier alpha value is -2.73. The van der Waals surface area contributed by atoms with Gasteiger partial charge in [-0.1, -0.05) is 53.5 Å². The number of aromatic nitrogens is 3. The highest BCUT2D eigenvalue weighted by Gasteiger charge is 2.23. The predicted molar refractivity (Wildman–Crippen MR) is 174 cm³/mol. The van der Waals surface area contributed by atoms with Crippen molar-refractivity contribution in [3.05, 3.63) is 53.0 Å². The lowest BCUT2D eigenvalue weighted by Gasteiger charge is -2.38. The molecule has 2 unspecified atom stereocenters. The molecule has 4 rings (SSSR count). The van der Waals surface area contributed by atoms with E-state index in [-0.39, 0.29) is 5.78 Å². The molecule has 0 radical (unpaired) electrons. The van der Waals surface area contributed by atoms with E-state index in [0.29, 0.717) is 12.1 Å². The van der Waals surface area contributed by atoms with Gasteiger partial charge >= 0.3 is 0 Å². The highest BCUT2D eigenvalue weighted by atomic mass is 16.1. The Kier molecular flexibility index (Phi) is 16.4. The summed E-state index contributed by atoms with van der Waals surface area (Å²) in [6.45, 7) is 23.0. The van der Waals surface area contributed by atoms with Gasteiger partial charge in [0.2, 0.25) is 0 Å². The summed E-state index contributed by atoms with van der Waals surface area (Å²) in [4.78, 5) is 17.0. The molecule has 1 aliphatic rings. The van der Waals surface area contributed by atoms with E-state index < -0.39 is 0 Å². The first kappa shape index (κ1) is 35.3. The van der Waals surface area contributed by atoms with Crippen LogP contribution >= 0.6 is 0 Å². The molecule has 224 valence electrons. The summed E-state index contributed by atoms with van der Waals surface area (Å²) < 4.78 is 1.88. The molecule has 3 aromatic rings. The van der Waals surface area contributed by atoms with Crippen LogP contribution in [-0.2, 0) is 24.7 Å². The first-order valence-corrected chi connectivity index (χ1v) is 15.5. The second-order valence-corrected chi connectivity index (χ2v) is 10.9. The number of piperazine rings is 1. The Morgan fingerprint density at radius 1 is 1.00 bits per heavy atom. The van der Waals surface area contributed by atoms with Crippen LogP contribution < -0.4 is 10.2 Å². The van der Waals surface area contributed by atoms with Gasteiger partial charge in [-0.25, -0.2) is 0 Å².